The van der Waals surface area contributed by atoms with Gasteiger partial charge in [0.05, 0.1) is 30.6 Å². The molecule has 4 heterocycles. The van der Waals surface area contributed by atoms with Gasteiger partial charge in [-0.15, -0.1) is 0 Å². The lowest BCUT2D eigenvalue weighted by atomic mass is 9.96. The molecule has 3 aromatic heterocycles. The van der Waals surface area contributed by atoms with Gasteiger partial charge in [0.25, 0.3) is 0 Å². The highest BCUT2D eigenvalue weighted by atomic mass is 32.1. The van der Waals surface area contributed by atoms with Crippen LogP contribution in [0.4, 0.5) is 11.4 Å². The zero-order chi connectivity index (χ0) is 27.0. The van der Waals surface area contributed by atoms with Crippen molar-refractivity contribution in [1.29, 1.82) is 0 Å². The molecule has 0 aliphatic carbocycles. The third-order valence-electron chi connectivity index (χ3n) is 6.79. The molecule has 2 N–H and O–H groups in total. The summed E-state index contributed by atoms with van der Waals surface area (Å²) in [6.45, 7) is 7.73. The van der Waals surface area contributed by atoms with E-state index in [-0.39, 0.29) is 18.0 Å². The van der Waals surface area contributed by atoms with Crippen molar-refractivity contribution in [3.05, 3.63) is 95.2 Å². The Kier molecular flexibility index (Phi) is 6.86. The number of nitrogens with zero attached hydrogens (tertiary/aromatic N) is 4. The molecule has 0 spiro atoms. The Hall–Kier alpha value is -4.24. The van der Waals surface area contributed by atoms with E-state index < -0.39 is 0 Å². The van der Waals surface area contributed by atoms with E-state index in [1.165, 1.54) is 6.92 Å². The Morgan fingerprint density at radius 1 is 1.05 bits per heavy atom. The molecule has 0 radical (unpaired) electrons. The quantitative estimate of drug-likeness (QED) is 0.328. The van der Waals surface area contributed by atoms with Gasteiger partial charge in [-0.1, -0.05) is 6.07 Å². The van der Waals surface area contributed by atoms with Gasteiger partial charge < -0.3 is 24.8 Å². The lowest BCUT2D eigenvalue weighted by Crippen LogP contribution is -2.29. The first kappa shape index (κ1) is 25.4. The van der Waals surface area contributed by atoms with Crippen molar-refractivity contribution in [1.82, 2.24) is 19.9 Å². The average Bonchev–Trinajstić information content (AvgIpc) is 3.39. The zero-order valence-electron chi connectivity index (χ0n) is 22.0. The second-order valence-corrected chi connectivity index (χ2v) is 9.80. The summed E-state index contributed by atoms with van der Waals surface area (Å²) < 4.78 is 7.66. The maximum atomic E-state index is 11.9. The van der Waals surface area contributed by atoms with Gasteiger partial charge in [0.15, 0.2) is 5.11 Å². The minimum atomic E-state index is -0.208. The molecule has 1 fully saturated rings. The highest BCUT2D eigenvalue weighted by Gasteiger charge is 2.42. The summed E-state index contributed by atoms with van der Waals surface area (Å²) in [6, 6.07) is 17.4. The summed E-state index contributed by atoms with van der Waals surface area (Å²) in [6.07, 6.45) is 3.63. The van der Waals surface area contributed by atoms with Crippen molar-refractivity contribution >= 4 is 34.6 Å². The molecule has 0 bridgehead atoms. The first-order valence-corrected chi connectivity index (χ1v) is 12.8. The molecule has 1 aromatic carbocycles. The molecule has 38 heavy (non-hydrogen) atoms. The number of rotatable bonds is 6. The molecule has 5 rings (SSSR count). The molecule has 4 aromatic rings. The van der Waals surface area contributed by atoms with E-state index >= 15 is 0 Å². The topological polar surface area (TPSA) is 84.3 Å². The molecule has 1 saturated heterocycles. The number of ether oxygens (including phenoxy) is 1. The maximum absolute atomic E-state index is 11.9. The summed E-state index contributed by atoms with van der Waals surface area (Å²) in [5, 5.41) is 6.96. The lowest BCUT2D eigenvalue weighted by Gasteiger charge is -2.29. The van der Waals surface area contributed by atoms with Gasteiger partial charge in [-0.25, -0.2) is 4.98 Å². The normalized spacial score (nSPS) is 16.9. The summed E-state index contributed by atoms with van der Waals surface area (Å²) in [7, 11) is 1.58. The Labute approximate surface area is 227 Å². The standard InChI is InChI=1S/C29H30N6O2S/c1-17-11-13-31-26(14-17)34-18(2)15-22(19(34)3)28-27(23-8-6-7-12-30-23)33-29(38)35(28)21-9-10-25(37-5)24(16-21)32-20(4)36/h6-16,27-28H,1-5H3,(H,32,36)(H,33,38)/t27-,28-/m0/s1. The van der Waals surface area contributed by atoms with E-state index in [0.29, 0.717) is 16.5 Å². The van der Waals surface area contributed by atoms with E-state index in [0.717, 1.165) is 39.7 Å². The van der Waals surface area contributed by atoms with Gasteiger partial charge >= 0.3 is 0 Å². The van der Waals surface area contributed by atoms with Crippen LogP contribution in [0.3, 0.4) is 0 Å². The fourth-order valence-corrected chi connectivity index (χ4v) is 5.51. The van der Waals surface area contributed by atoms with Gasteiger partial charge in [0, 0.05) is 36.4 Å². The minimum absolute atomic E-state index is 0.181. The number of thiocarbonyl (C=S) groups is 1. The van der Waals surface area contributed by atoms with E-state index in [1.807, 2.05) is 48.7 Å². The molecule has 1 amide bonds. The average molecular weight is 527 g/mol. The zero-order valence-corrected chi connectivity index (χ0v) is 22.8. The fraction of sp³-hybridized carbons (Fsp3) is 0.241. The Bertz CT molecular complexity index is 1520. The van der Waals surface area contributed by atoms with E-state index in [1.54, 1.807) is 13.3 Å². The first-order chi connectivity index (χ1) is 18.3. The highest BCUT2D eigenvalue weighted by Crippen LogP contribution is 2.45. The number of hydrogen-bond acceptors (Lipinski definition) is 5. The molecule has 2 atom stereocenters. The van der Waals surface area contributed by atoms with Crippen molar-refractivity contribution in [2.24, 2.45) is 0 Å². The second-order valence-electron chi connectivity index (χ2n) is 9.42. The predicted octanol–water partition coefficient (Wildman–Crippen LogP) is 5.34. The molecule has 0 saturated carbocycles. The van der Waals surface area contributed by atoms with Crippen molar-refractivity contribution in [2.75, 3.05) is 17.3 Å². The van der Waals surface area contributed by atoms with Crippen LogP contribution in [0.5, 0.6) is 5.75 Å². The number of anilines is 2. The largest absolute Gasteiger partial charge is 0.495 e. The molecule has 194 valence electrons. The van der Waals surface area contributed by atoms with Crippen molar-refractivity contribution < 1.29 is 9.53 Å². The third kappa shape index (κ3) is 4.61. The van der Waals surface area contributed by atoms with Crippen molar-refractivity contribution in [3.8, 4) is 11.6 Å². The van der Waals surface area contributed by atoms with Gasteiger partial charge in [0.1, 0.15) is 11.6 Å². The van der Waals surface area contributed by atoms with Crippen LogP contribution in [0.1, 0.15) is 47.2 Å². The van der Waals surface area contributed by atoms with Crippen LogP contribution in [0, 0.1) is 20.8 Å². The summed E-state index contributed by atoms with van der Waals surface area (Å²) in [4.78, 5) is 23.3. The lowest BCUT2D eigenvalue weighted by molar-refractivity contribution is -0.114. The van der Waals surface area contributed by atoms with Crippen molar-refractivity contribution in [3.63, 3.8) is 0 Å². The van der Waals surface area contributed by atoms with Crippen LogP contribution in [-0.2, 0) is 4.79 Å². The third-order valence-corrected chi connectivity index (χ3v) is 7.10. The Morgan fingerprint density at radius 3 is 2.55 bits per heavy atom. The number of carbonyl (C=O) groups excluding carboxylic acids is 1. The van der Waals surface area contributed by atoms with Crippen LogP contribution in [-0.4, -0.2) is 32.7 Å². The molecule has 8 nitrogen and oxygen atoms in total. The monoisotopic (exact) mass is 526 g/mol. The molecular formula is C29H30N6O2S. The van der Waals surface area contributed by atoms with Crippen LogP contribution in [0.2, 0.25) is 0 Å². The van der Waals surface area contributed by atoms with Crippen LogP contribution in [0.15, 0.2) is 67.0 Å². The number of amides is 1. The maximum Gasteiger partial charge on any atom is 0.221 e. The number of benzene rings is 1. The van der Waals surface area contributed by atoms with Gasteiger partial charge in [-0.05, 0) is 92.6 Å². The number of carbonyl (C=O) groups is 1. The summed E-state index contributed by atoms with van der Waals surface area (Å²) in [5.41, 5.74) is 6.68. The van der Waals surface area contributed by atoms with E-state index in [9.17, 15) is 4.79 Å². The van der Waals surface area contributed by atoms with Gasteiger partial charge in [-0.2, -0.15) is 0 Å². The second kappa shape index (κ2) is 10.3. The summed E-state index contributed by atoms with van der Waals surface area (Å²) in [5.74, 6) is 1.27. The molecule has 0 unspecified atom stereocenters. The van der Waals surface area contributed by atoms with Gasteiger partial charge in [-0.3, -0.25) is 9.78 Å². The number of nitrogens with one attached hydrogen (secondary N) is 2. The van der Waals surface area contributed by atoms with Crippen LogP contribution < -0.4 is 20.3 Å². The Balaban J connectivity index is 1.68. The SMILES string of the molecule is COc1ccc(N2C(=S)N[C@@H](c3ccccn3)[C@@H]2c2cc(C)n(-c3cc(C)ccn3)c2C)cc1NC(C)=O. The van der Waals surface area contributed by atoms with Gasteiger partial charge in [0.2, 0.25) is 5.91 Å². The number of hydrogen-bond donors (Lipinski definition) is 2. The van der Waals surface area contributed by atoms with E-state index in [4.69, 9.17) is 17.0 Å². The Morgan fingerprint density at radius 2 is 1.87 bits per heavy atom. The number of aryl methyl sites for hydroxylation is 2. The van der Waals surface area contributed by atoms with Crippen LogP contribution in [0.25, 0.3) is 5.82 Å². The minimum Gasteiger partial charge on any atom is -0.495 e. The fourth-order valence-electron chi connectivity index (χ4n) is 5.16. The van der Waals surface area contributed by atoms with E-state index in [2.05, 4.69) is 63.0 Å². The van der Waals surface area contributed by atoms with Crippen LogP contribution >= 0.6 is 12.2 Å². The molecule has 1 aliphatic rings. The molecular weight excluding hydrogens is 496 g/mol. The van der Waals surface area contributed by atoms with Crippen molar-refractivity contribution in [2.45, 2.75) is 39.8 Å². The molecule has 9 heteroatoms. The smallest absolute Gasteiger partial charge is 0.221 e. The number of pyridine rings is 2. The summed E-state index contributed by atoms with van der Waals surface area (Å²) >= 11 is 5.91. The molecule has 1 aliphatic heterocycles. The highest BCUT2D eigenvalue weighted by molar-refractivity contribution is 7.80. The number of methoxy groups -OCH3 is 1. The number of aromatic nitrogens is 3. The predicted molar refractivity (Wildman–Crippen MR) is 153 cm³/mol. The first-order valence-electron chi connectivity index (χ1n) is 12.4.